The van der Waals surface area contributed by atoms with Crippen molar-refractivity contribution in [1.29, 1.82) is 0 Å². The Labute approximate surface area is 179 Å². The van der Waals surface area contributed by atoms with E-state index in [1.165, 1.54) is 6.08 Å². The van der Waals surface area contributed by atoms with Crippen LogP contribution < -0.4 is 16.2 Å². The van der Waals surface area contributed by atoms with Crippen molar-refractivity contribution in [3.8, 4) is 22.8 Å². The zero-order valence-corrected chi connectivity index (χ0v) is 16.9. The van der Waals surface area contributed by atoms with E-state index in [1.807, 2.05) is 30.3 Å². The minimum absolute atomic E-state index is 0.141. The van der Waals surface area contributed by atoms with Gasteiger partial charge in [0, 0.05) is 18.7 Å². The van der Waals surface area contributed by atoms with Gasteiger partial charge in [0.05, 0.1) is 6.04 Å². The average molecular weight is 417 g/mol. The molecule has 2 heterocycles. The maximum Gasteiger partial charge on any atom is 0.254 e. The summed E-state index contributed by atoms with van der Waals surface area (Å²) in [6.07, 6.45) is 1.96. The highest BCUT2D eigenvalue weighted by Crippen LogP contribution is 2.33. The molecule has 158 valence electrons. The minimum atomic E-state index is -0.652. The molecule has 4 rings (SSSR count). The highest BCUT2D eigenvalue weighted by molar-refractivity contribution is 6.03. The molecule has 2 amide bonds. The molecular weight excluding hydrogens is 394 g/mol. The first-order valence-corrected chi connectivity index (χ1v) is 9.90. The second-order valence-corrected chi connectivity index (χ2v) is 7.29. The number of carbonyl (C=O) groups is 2. The maximum absolute atomic E-state index is 12.2. The third kappa shape index (κ3) is 4.00. The summed E-state index contributed by atoms with van der Waals surface area (Å²) in [5.74, 6) is 0.779. The number of rotatable bonds is 6. The van der Waals surface area contributed by atoms with Crippen molar-refractivity contribution in [3.63, 3.8) is 0 Å². The van der Waals surface area contributed by atoms with Gasteiger partial charge in [0.15, 0.2) is 0 Å². The molecule has 1 atom stereocenters. The summed E-state index contributed by atoms with van der Waals surface area (Å²) >= 11 is 0. The predicted molar refractivity (Wildman–Crippen MR) is 118 cm³/mol. The Balaban J connectivity index is 1.62. The van der Waals surface area contributed by atoms with Crippen molar-refractivity contribution in [1.82, 2.24) is 14.7 Å². The summed E-state index contributed by atoms with van der Waals surface area (Å²) in [5.41, 5.74) is 13.1. The lowest BCUT2D eigenvalue weighted by Gasteiger charge is -2.15. The highest BCUT2D eigenvalue weighted by Gasteiger charge is 2.31. The lowest BCUT2D eigenvalue weighted by molar-refractivity contribution is -0.125. The lowest BCUT2D eigenvalue weighted by atomic mass is 10.1. The number of anilines is 1. The fourth-order valence-corrected chi connectivity index (χ4v) is 3.75. The number of carbonyl (C=O) groups excluding carboxylic acids is 2. The third-order valence-corrected chi connectivity index (χ3v) is 5.30. The van der Waals surface area contributed by atoms with E-state index in [1.54, 1.807) is 33.8 Å². The molecule has 8 heteroatoms. The Bertz CT molecular complexity index is 1120. The molecule has 1 aromatic heterocycles. The minimum Gasteiger partial charge on any atom is -0.457 e. The molecule has 0 bridgehead atoms. The molecule has 0 saturated carbocycles. The summed E-state index contributed by atoms with van der Waals surface area (Å²) in [5, 5.41) is 4.60. The number of nitrogens with zero attached hydrogens (tertiary/aromatic N) is 3. The fourth-order valence-electron chi connectivity index (χ4n) is 3.75. The number of likely N-dealkylation sites (tertiary alicyclic amines) is 1. The number of nitrogens with two attached hydrogens (primary N) is 2. The fraction of sp³-hybridized carbons (Fsp3) is 0.174. The van der Waals surface area contributed by atoms with E-state index in [0.717, 1.165) is 5.75 Å². The average Bonchev–Trinajstić information content (AvgIpc) is 3.39. The standard InChI is InChI=1S/C23H23N5O3/c1-2-19(29)27-13-12-16(14-27)28-22(24)20(23(25)30)21(26-28)15-8-10-18(11-9-15)31-17-6-4-3-5-7-17/h2-11,16H,1,12-14,24H2,(H2,25,30)/t16-/m1/s1. The number of hydrogen-bond donors (Lipinski definition) is 2. The molecule has 3 aromatic rings. The van der Waals surface area contributed by atoms with Gasteiger partial charge >= 0.3 is 0 Å². The van der Waals surface area contributed by atoms with Crippen LogP contribution >= 0.6 is 0 Å². The number of benzene rings is 2. The van der Waals surface area contributed by atoms with Crippen LogP contribution in [0, 0.1) is 0 Å². The van der Waals surface area contributed by atoms with Gasteiger partial charge in [0.2, 0.25) is 5.91 Å². The molecule has 0 spiro atoms. The van der Waals surface area contributed by atoms with E-state index in [0.29, 0.717) is 36.5 Å². The van der Waals surface area contributed by atoms with Gasteiger partial charge in [-0.3, -0.25) is 9.59 Å². The zero-order chi connectivity index (χ0) is 22.0. The highest BCUT2D eigenvalue weighted by atomic mass is 16.5. The van der Waals surface area contributed by atoms with Crippen LogP contribution in [0.15, 0.2) is 67.3 Å². The van der Waals surface area contributed by atoms with E-state index in [4.69, 9.17) is 16.2 Å². The maximum atomic E-state index is 12.2. The van der Waals surface area contributed by atoms with Gasteiger partial charge in [-0.05, 0) is 48.9 Å². The third-order valence-electron chi connectivity index (χ3n) is 5.30. The van der Waals surface area contributed by atoms with Crippen molar-refractivity contribution >= 4 is 17.6 Å². The van der Waals surface area contributed by atoms with Gasteiger partial charge in [0.25, 0.3) is 5.91 Å². The van der Waals surface area contributed by atoms with Gasteiger partial charge in [0.1, 0.15) is 28.6 Å². The summed E-state index contributed by atoms with van der Waals surface area (Å²) < 4.78 is 7.41. The summed E-state index contributed by atoms with van der Waals surface area (Å²) in [6.45, 7) is 4.54. The molecule has 2 aromatic carbocycles. The van der Waals surface area contributed by atoms with Crippen LogP contribution in [0.1, 0.15) is 22.8 Å². The SMILES string of the molecule is C=CC(=O)N1CC[C@@H](n2nc(-c3ccc(Oc4ccccc4)cc3)c(C(N)=O)c2N)C1. The second kappa shape index (κ2) is 8.35. The molecule has 4 N–H and O–H groups in total. The van der Waals surface area contributed by atoms with Crippen LogP contribution in [0.5, 0.6) is 11.5 Å². The number of para-hydroxylation sites is 1. The molecule has 1 fully saturated rings. The Kier molecular flexibility index (Phi) is 5.44. The van der Waals surface area contributed by atoms with Crippen LogP contribution in [0.2, 0.25) is 0 Å². The Morgan fingerprint density at radius 2 is 1.77 bits per heavy atom. The summed E-state index contributed by atoms with van der Waals surface area (Å²) in [7, 11) is 0. The van der Waals surface area contributed by atoms with Crippen molar-refractivity contribution in [2.75, 3.05) is 18.8 Å². The molecule has 0 aliphatic carbocycles. The zero-order valence-electron chi connectivity index (χ0n) is 16.9. The quantitative estimate of drug-likeness (QED) is 0.598. The van der Waals surface area contributed by atoms with Crippen molar-refractivity contribution < 1.29 is 14.3 Å². The molecule has 8 nitrogen and oxygen atoms in total. The van der Waals surface area contributed by atoms with E-state index < -0.39 is 5.91 Å². The molecule has 0 radical (unpaired) electrons. The summed E-state index contributed by atoms with van der Waals surface area (Å²) in [6, 6.07) is 16.5. The first-order valence-electron chi connectivity index (χ1n) is 9.90. The number of hydrogen-bond acceptors (Lipinski definition) is 5. The largest absolute Gasteiger partial charge is 0.457 e. The Morgan fingerprint density at radius 1 is 1.10 bits per heavy atom. The Morgan fingerprint density at radius 3 is 2.42 bits per heavy atom. The molecule has 0 unspecified atom stereocenters. The van der Waals surface area contributed by atoms with Crippen molar-refractivity contribution in [2.24, 2.45) is 5.73 Å². The second-order valence-electron chi connectivity index (χ2n) is 7.29. The number of nitrogen functional groups attached to an aromatic ring is 1. The van der Waals surface area contributed by atoms with Crippen molar-refractivity contribution in [3.05, 3.63) is 72.8 Å². The molecule has 1 aliphatic heterocycles. The molecule has 1 saturated heterocycles. The van der Waals surface area contributed by atoms with E-state index in [2.05, 4.69) is 11.7 Å². The Hall–Kier alpha value is -4.07. The predicted octanol–water partition coefficient (Wildman–Crippen LogP) is 2.98. The first kappa shape index (κ1) is 20.2. The normalized spacial score (nSPS) is 15.6. The van der Waals surface area contributed by atoms with Crippen LogP contribution in [0.4, 0.5) is 5.82 Å². The van der Waals surface area contributed by atoms with Crippen LogP contribution in [0.3, 0.4) is 0 Å². The van der Waals surface area contributed by atoms with E-state index in [9.17, 15) is 9.59 Å². The van der Waals surface area contributed by atoms with Gasteiger partial charge in [-0.25, -0.2) is 4.68 Å². The van der Waals surface area contributed by atoms with Crippen LogP contribution in [-0.2, 0) is 4.79 Å². The van der Waals surface area contributed by atoms with Crippen LogP contribution in [-0.4, -0.2) is 39.6 Å². The lowest BCUT2D eigenvalue weighted by Crippen LogP contribution is -2.27. The smallest absolute Gasteiger partial charge is 0.254 e. The number of ether oxygens (including phenoxy) is 1. The number of aromatic nitrogens is 2. The molecule has 31 heavy (non-hydrogen) atoms. The summed E-state index contributed by atoms with van der Waals surface area (Å²) in [4.78, 5) is 25.7. The number of primary amides is 1. The molecular formula is C23H23N5O3. The monoisotopic (exact) mass is 417 g/mol. The van der Waals surface area contributed by atoms with Gasteiger partial charge in [-0.15, -0.1) is 0 Å². The first-order chi connectivity index (χ1) is 15.0. The topological polar surface area (TPSA) is 116 Å². The number of amides is 2. The van der Waals surface area contributed by atoms with E-state index in [-0.39, 0.29) is 23.3 Å². The van der Waals surface area contributed by atoms with Gasteiger partial charge in [-0.1, -0.05) is 24.8 Å². The van der Waals surface area contributed by atoms with Crippen molar-refractivity contribution in [2.45, 2.75) is 12.5 Å². The van der Waals surface area contributed by atoms with Gasteiger partial charge < -0.3 is 21.1 Å². The van der Waals surface area contributed by atoms with Crippen LogP contribution in [0.25, 0.3) is 11.3 Å². The van der Waals surface area contributed by atoms with E-state index >= 15 is 0 Å². The van der Waals surface area contributed by atoms with Gasteiger partial charge in [-0.2, -0.15) is 5.10 Å². The molecule has 1 aliphatic rings.